The van der Waals surface area contributed by atoms with Crippen LogP contribution in [0.2, 0.25) is 0 Å². The van der Waals surface area contributed by atoms with E-state index in [0.29, 0.717) is 22.4 Å². The Morgan fingerprint density at radius 2 is 1.62 bits per heavy atom. The lowest BCUT2D eigenvalue weighted by Gasteiger charge is -2.11. The molecule has 0 fully saturated rings. The summed E-state index contributed by atoms with van der Waals surface area (Å²) in [6.45, 7) is 0. The summed E-state index contributed by atoms with van der Waals surface area (Å²) in [7, 11) is 0. The molecule has 0 spiro atoms. The van der Waals surface area contributed by atoms with E-state index in [1.165, 1.54) is 12.1 Å². The Labute approximate surface area is 174 Å². The van der Waals surface area contributed by atoms with Crippen LogP contribution in [0.15, 0.2) is 82.1 Å². The van der Waals surface area contributed by atoms with Crippen molar-refractivity contribution in [1.29, 1.82) is 0 Å². The molecule has 4 aromatic rings. The summed E-state index contributed by atoms with van der Waals surface area (Å²) >= 11 is 3.41. The molecule has 1 heterocycles. The number of fused-ring (bicyclic) bond motifs is 1. The highest BCUT2D eigenvalue weighted by atomic mass is 79.9. The molecule has 0 aliphatic rings. The van der Waals surface area contributed by atoms with Crippen molar-refractivity contribution in [3.63, 3.8) is 0 Å². The first-order valence-electron chi connectivity index (χ1n) is 8.73. The van der Waals surface area contributed by atoms with Gasteiger partial charge in [0.1, 0.15) is 5.82 Å². The molecule has 0 atom stereocenters. The van der Waals surface area contributed by atoms with Crippen LogP contribution >= 0.6 is 15.9 Å². The third kappa shape index (κ3) is 3.86. The van der Waals surface area contributed by atoms with Gasteiger partial charge in [0.05, 0.1) is 21.5 Å². The molecule has 0 radical (unpaired) electrons. The Morgan fingerprint density at radius 1 is 0.931 bits per heavy atom. The average Bonchev–Trinajstić information content (AvgIpc) is 2.73. The van der Waals surface area contributed by atoms with Gasteiger partial charge in [0.25, 0.3) is 11.2 Å². The Morgan fingerprint density at radius 3 is 2.31 bits per heavy atom. The van der Waals surface area contributed by atoms with Crippen LogP contribution in [0.3, 0.4) is 0 Å². The summed E-state index contributed by atoms with van der Waals surface area (Å²) in [4.78, 5) is 28.2. The minimum Gasteiger partial charge on any atom is -0.268 e. The summed E-state index contributed by atoms with van der Waals surface area (Å²) in [5.74, 6) is 0.467. The maximum atomic E-state index is 13.2. The number of hydrogen-bond donors (Lipinski definition) is 0. The molecule has 6 nitrogen and oxygen atoms in total. The van der Waals surface area contributed by atoms with Crippen molar-refractivity contribution in [2.45, 2.75) is 0 Å². The van der Waals surface area contributed by atoms with E-state index < -0.39 is 4.92 Å². The lowest BCUT2D eigenvalue weighted by Crippen LogP contribution is -2.22. The second-order valence-electron chi connectivity index (χ2n) is 6.29. The summed E-state index contributed by atoms with van der Waals surface area (Å²) in [6.07, 6.45) is 3.51. The van der Waals surface area contributed by atoms with E-state index in [1.54, 1.807) is 41.0 Å². The zero-order valence-electron chi connectivity index (χ0n) is 15.0. The Hall–Kier alpha value is -3.58. The number of non-ortho nitro benzene ring substituents is 1. The second kappa shape index (κ2) is 7.81. The van der Waals surface area contributed by atoms with E-state index >= 15 is 0 Å². The molecule has 0 unspecified atom stereocenters. The molecule has 0 amide bonds. The van der Waals surface area contributed by atoms with E-state index in [0.717, 1.165) is 10.0 Å². The van der Waals surface area contributed by atoms with E-state index in [4.69, 9.17) is 0 Å². The van der Waals surface area contributed by atoms with Gasteiger partial charge >= 0.3 is 0 Å². The number of nitro benzene ring substituents is 1. The van der Waals surface area contributed by atoms with E-state index in [9.17, 15) is 14.9 Å². The van der Waals surface area contributed by atoms with Gasteiger partial charge in [-0.05, 0) is 60.2 Å². The highest BCUT2D eigenvalue weighted by molar-refractivity contribution is 9.10. The number of aromatic nitrogens is 2. The molecule has 0 bridgehead atoms. The summed E-state index contributed by atoms with van der Waals surface area (Å²) in [5, 5.41) is 11.3. The molecule has 3 aromatic carbocycles. The quantitative estimate of drug-likeness (QED) is 0.317. The normalized spacial score (nSPS) is 11.2. The molecule has 4 rings (SSSR count). The molecule has 0 saturated heterocycles. The SMILES string of the molecule is O=c1c2ccccc2nc(/C=C/c2ccc([N+](=O)[O-])cc2)n1-c1ccc(Br)cc1. The zero-order chi connectivity index (χ0) is 20.4. The molecule has 0 aliphatic carbocycles. The van der Waals surface area contributed by atoms with Gasteiger partial charge in [-0.15, -0.1) is 0 Å². The minimum atomic E-state index is -0.441. The Balaban J connectivity index is 1.86. The van der Waals surface area contributed by atoms with Crippen molar-refractivity contribution in [3.05, 3.63) is 109 Å². The number of rotatable bonds is 4. The average molecular weight is 448 g/mol. The van der Waals surface area contributed by atoms with Gasteiger partial charge in [-0.2, -0.15) is 0 Å². The third-order valence-corrected chi connectivity index (χ3v) is 4.94. The van der Waals surface area contributed by atoms with Gasteiger partial charge in [0.15, 0.2) is 0 Å². The van der Waals surface area contributed by atoms with Crippen LogP contribution in [0.5, 0.6) is 0 Å². The van der Waals surface area contributed by atoms with Gasteiger partial charge in [0.2, 0.25) is 0 Å². The van der Waals surface area contributed by atoms with Gasteiger partial charge in [-0.1, -0.05) is 34.1 Å². The van der Waals surface area contributed by atoms with Gasteiger partial charge in [-0.3, -0.25) is 19.5 Å². The summed E-state index contributed by atoms with van der Waals surface area (Å²) in [5.41, 5.74) is 1.92. The van der Waals surface area contributed by atoms with Gasteiger partial charge in [0, 0.05) is 16.6 Å². The van der Waals surface area contributed by atoms with Crippen molar-refractivity contribution in [2.75, 3.05) is 0 Å². The van der Waals surface area contributed by atoms with Crippen LogP contribution in [0, 0.1) is 10.1 Å². The summed E-state index contributed by atoms with van der Waals surface area (Å²) in [6, 6.07) is 20.8. The van der Waals surface area contributed by atoms with E-state index in [2.05, 4.69) is 20.9 Å². The zero-order valence-corrected chi connectivity index (χ0v) is 16.6. The van der Waals surface area contributed by atoms with Crippen LogP contribution in [0.1, 0.15) is 11.4 Å². The largest absolute Gasteiger partial charge is 0.269 e. The number of nitro groups is 1. The van der Waals surface area contributed by atoms with Crippen molar-refractivity contribution in [2.24, 2.45) is 0 Å². The molecule has 1 aromatic heterocycles. The van der Waals surface area contributed by atoms with Crippen LogP contribution < -0.4 is 5.56 Å². The van der Waals surface area contributed by atoms with Crippen molar-refractivity contribution in [1.82, 2.24) is 9.55 Å². The molecule has 7 heteroatoms. The number of para-hydroxylation sites is 1. The predicted molar refractivity (Wildman–Crippen MR) is 117 cm³/mol. The van der Waals surface area contributed by atoms with E-state index in [1.807, 2.05) is 36.4 Å². The lowest BCUT2D eigenvalue weighted by atomic mass is 10.2. The highest BCUT2D eigenvalue weighted by Gasteiger charge is 2.11. The smallest absolute Gasteiger partial charge is 0.268 e. The fraction of sp³-hybridized carbons (Fsp3) is 0. The predicted octanol–water partition coefficient (Wildman–Crippen LogP) is 5.23. The number of hydrogen-bond acceptors (Lipinski definition) is 4. The van der Waals surface area contributed by atoms with Crippen LogP contribution in [-0.4, -0.2) is 14.5 Å². The van der Waals surface area contributed by atoms with Gasteiger partial charge in [-0.25, -0.2) is 4.98 Å². The van der Waals surface area contributed by atoms with Crippen LogP contribution in [0.4, 0.5) is 5.69 Å². The number of benzene rings is 3. The monoisotopic (exact) mass is 447 g/mol. The number of nitrogens with zero attached hydrogens (tertiary/aromatic N) is 3. The standard InChI is InChI=1S/C22H14BrN3O3/c23-16-8-12-17(13-9-16)25-21(24-20-4-2-1-3-19(20)22(25)27)14-7-15-5-10-18(11-6-15)26(28)29/h1-14H/b14-7+. The fourth-order valence-corrected chi connectivity index (χ4v) is 3.24. The Bertz CT molecular complexity index is 1290. The van der Waals surface area contributed by atoms with E-state index in [-0.39, 0.29) is 11.2 Å². The number of halogens is 1. The topological polar surface area (TPSA) is 78.0 Å². The molecule has 0 aliphatic heterocycles. The molecule has 142 valence electrons. The first kappa shape index (κ1) is 18.8. The maximum absolute atomic E-state index is 13.2. The van der Waals surface area contributed by atoms with Crippen molar-refractivity contribution < 1.29 is 4.92 Å². The molecular formula is C22H14BrN3O3. The highest BCUT2D eigenvalue weighted by Crippen LogP contribution is 2.18. The maximum Gasteiger partial charge on any atom is 0.269 e. The minimum absolute atomic E-state index is 0.0257. The first-order chi connectivity index (χ1) is 14.0. The molecule has 29 heavy (non-hydrogen) atoms. The first-order valence-corrected chi connectivity index (χ1v) is 9.52. The fourth-order valence-electron chi connectivity index (χ4n) is 2.98. The van der Waals surface area contributed by atoms with Crippen molar-refractivity contribution in [3.8, 4) is 5.69 Å². The molecular weight excluding hydrogens is 434 g/mol. The summed E-state index contributed by atoms with van der Waals surface area (Å²) < 4.78 is 2.46. The molecule has 0 saturated carbocycles. The van der Waals surface area contributed by atoms with Crippen molar-refractivity contribution >= 4 is 44.7 Å². The van der Waals surface area contributed by atoms with Crippen LogP contribution in [-0.2, 0) is 0 Å². The van der Waals surface area contributed by atoms with Gasteiger partial charge < -0.3 is 0 Å². The Kier molecular flexibility index (Phi) is 5.05. The third-order valence-electron chi connectivity index (χ3n) is 4.42. The lowest BCUT2D eigenvalue weighted by molar-refractivity contribution is -0.384. The van der Waals surface area contributed by atoms with Crippen LogP contribution in [0.25, 0.3) is 28.7 Å². The molecule has 0 N–H and O–H groups in total. The second-order valence-corrected chi connectivity index (χ2v) is 7.20.